The van der Waals surface area contributed by atoms with Crippen molar-refractivity contribution in [1.82, 2.24) is 25.0 Å². The van der Waals surface area contributed by atoms with Gasteiger partial charge in [0.25, 0.3) is 0 Å². The summed E-state index contributed by atoms with van der Waals surface area (Å²) < 4.78 is 1.89. The third-order valence-electron chi connectivity index (χ3n) is 4.04. The lowest BCUT2D eigenvalue weighted by Crippen LogP contribution is -2.38. The maximum absolute atomic E-state index is 5.83. The summed E-state index contributed by atoms with van der Waals surface area (Å²) in [7, 11) is 4.03. The van der Waals surface area contributed by atoms with Crippen LogP contribution in [0.2, 0.25) is 5.15 Å². The van der Waals surface area contributed by atoms with Gasteiger partial charge >= 0.3 is 0 Å². The molecule has 2 aromatic heterocycles. The van der Waals surface area contributed by atoms with E-state index in [4.69, 9.17) is 16.6 Å². The molecule has 0 fully saturated rings. The van der Waals surface area contributed by atoms with Crippen LogP contribution in [-0.2, 0) is 20.0 Å². The van der Waals surface area contributed by atoms with E-state index in [1.165, 1.54) is 5.56 Å². The van der Waals surface area contributed by atoms with Gasteiger partial charge in [-0.2, -0.15) is 5.10 Å². The summed E-state index contributed by atoms with van der Waals surface area (Å²) in [6.45, 7) is 8.72. The smallest absolute Gasteiger partial charge is 0.193 e. The summed E-state index contributed by atoms with van der Waals surface area (Å²) in [5, 5.41) is 8.47. The largest absolute Gasteiger partial charge is 0.357 e. The van der Waals surface area contributed by atoms with Gasteiger partial charge in [0.15, 0.2) is 5.96 Å². The van der Waals surface area contributed by atoms with Gasteiger partial charge in [-0.15, -0.1) is 0 Å². The molecule has 0 saturated carbocycles. The molecule has 1 N–H and O–H groups in total. The number of nitrogens with zero attached hydrogens (tertiary/aromatic N) is 5. The molecule has 0 unspecified atom stereocenters. The standard InChI is InChI=1S/C19H29ClN6/c1-6-21-19(22-10-9-15-7-8-17(20)23-11-15)25(4)12-16-13-26(5)24-18(16)14(2)3/h7-8,11,13-14H,6,9-10,12H2,1-5H3,(H,21,22). The van der Waals surface area contributed by atoms with E-state index in [9.17, 15) is 0 Å². The van der Waals surface area contributed by atoms with Crippen LogP contribution in [-0.4, -0.2) is 45.8 Å². The number of aliphatic imine (C=N–C) groups is 1. The fourth-order valence-electron chi connectivity index (χ4n) is 2.81. The van der Waals surface area contributed by atoms with Gasteiger partial charge in [0.1, 0.15) is 5.15 Å². The van der Waals surface area contributed by atoms with Crippen LogP contribution in [0.3, 0.4) is 0 Å². The van der Waals surface area contributed by atoms with Crippen molar-refractivity contribution in [2.24, 2.45) is 12.0 Å². The molecular formula is C19H29ClN6. The molecule has 0 aliphatic rings. The van der Waals surface area contributed by atoms with Crippen molar-refractivity contribution >= 4 is 17.6 Å². The molecule has 0 spiro atoms. The van der Waals surface area contributed by atoms with Gasteiger partial charge < -0.3 is 10.2 Å². The Kier molecular flexibility index (Phi) is 7.45. The van der Waals surface area contributed by atoms with Crippen LogP contribution in [0.4, 0.5) is 0 Å². The predicted octanol–water partition coefficient (Wildman–Crippen LogP) is 3.23. The fourth-order valence-corrected chi connectivity index (χ4v) is 2.92. The second-order valence-corrected chi connectivity index (χ2v) is 7.09. The summed E-state index contributed by atoms with van der Waals surface area (Å²) in [4.78, 5) is 11.0. The first-order valence-corrected chi connectivity index (χ1v) is 9.40. The Hall–Kier alpha value is -2.08. The molecule has 0 aromatic carbocycles. The minimum absolute atomic E-state index is 0.400. The van der Waals surface area contributed by atoms with Crippen LogP contribution in [0, 0.1) is 0 Å². The highest BCUT2D eigenvalue weighted by Gasteiger charge is 2.15. The van der Waals surface area contributed by atoms with Gasteiger partial charge in [0.2, 0.25) is 0 Å². The summed E-state index contributed by atoms with van der Waals surface area (Å²) in [5.74, 6) is 1.30. The van der Waals surface area contributed by atoms with Crippen LogP contribution in [0.15, 0.2) is 29.5 Å². The molecule has 0 atom stereocenters. The van der Waals surface area contributed by atoms with Crippen LogP contribution in [0.1, 0.15) is 43.5 Å². The van der Waals surface area contributed by atoms with Gasteiger partial charge in [-0.1, -0.05) is 31.5 Å². The highest BCUT2D eigenvalue weighted by atomic mass is 35.5. The van der Waals surface area contributed by atoms with Gasteiger partial charge in [-0.3, -0.25) is 9.67 Å². The molecule has 2 rings (SSSR count). The van der Waals surface area contributed by atoms with Gasteiger partial charge in [-0.05, 0) is 30.9 Å². The zero-order valence-electron chi connectivity index (χ0n) is 16.3. The summed E-state index contributed by atoms with van der Waals surface area (Å²) in [5.41, 5.74) is 3.51. The highest BCUT2D eigenvalue weighted by Crippen LogP contribution is 2.18. The zero-order chi connectivity index (χ0) is 19.1. The molecule has 0 aliphatic carbocycles. The Morgan fingerprint density at radius 1 is 1.38 bits per heavy atom. The van der Waals surface area contributed by atoms with Gasteiger partial charge in [0, 0.05) is 51.7 Å². The summed E-state index contributed by atoms with van der Waals surface area (Å²) in [6.07, 6.45) is 4.73. The minimum Gasteiger partial charge on any atom is -0.357 e. The number of aromatic nitrogens is 3. The molecule has 0 saturated heterocycles. The van der Waals surface area contributed by atoms with Gasteiger partial charge in [-0.25, -0.2) is 4.98 Å². The monoisotopic (exact) mass is 376 g/mol. The normalized spacial score (nSPS) is 11.9. The number of halogens is 1. The summed E-state index contributed by atoms with van der Waals surface area (Å²) in [6, 6.07) is 3.81. The first kappa shape index (κ1) is 20.2. The molecular weight excluding hydrogens is 348 g/mol. The molecule has 0 radical (unpaired) electrons. The van der Waals surface area contributed by atoms with Gasteiger partial charge in [0.05, 0.1) is 5.69 Å². The van der Waals surface area contributed by atoms with Crippen molar-refractivity contribution in [2.75, 3.05) is 20.1 Å². The maximum atomic E-state index is 5.83. The molecule has 6 nitrogen and oxygen atoms in total. The van der Waals surface area contributed by atoms with E-state index in [0.29, 0.717) is 17.6 Å². The quantitative estimate of drug-likeness (QED) is 0.458. The van der Waals surface area contributed by atoms with E-state index >= 15 is 0 Å². The average molecular weight is 377 g/mol. The van der Waals surface area contributed by atoms with E-state index in [2.05, 4.69) is 54.3 Å². The van der Waals surface area contributed by atoms with Crippen molar-refractivity contribution in [3.05, 3.63) is 46.5 Å². The molecule has 2 aromatic rings. The fraction of sp³-hybridized carbons (Fsp3) is 0.526. The van der Waals surface area contributed by atoms with E-state index in [-0.39, 0.29) is 0 Å². The molecule has 0 aliphatic heterocycles. The topological polar surface area (TPSA) is 58.3 Å². The Balaban J connectivity index is 2.04. The van der Waals surface area contributed by atoms with Crippen molar-refractivity contribution in [2.45, 2.75) is 39.7 Å². The number of rotatable bonds is 7. The van der Waals surface area contributed by atoms with Crippen molar-refractivity contribution < 1.29 is 0 Å². The summed E-state index contributed by atoms with van der Waals surface area (Å²) >= 11 is 5.83. The van der Waals surface area contributed by atoms with Crippen LogP contribution in [0.25, 0.3) is 0 Å². The second-order valence-electron chi connectivity index (χ2n) is 6.70. The number of aryl methyl sites for hydroxylation is 1. The Morgan fingerprint density at radius 3 is 2.77 bits per heavy atom. The number of guanidine groups is 1. The molecule has 0 amide bonds. The second kappa shape index (κ2) is 9.57. The number of hydrogen-bond donors (Lipinski definition) is 1. The third kappa shape index (κ3) is 5.73. The van der Waals surface area contributed by atoms with Crippen LogP contribution < -0.4 is 5.32 Å². The van der Waals surface area contributed by atoms with E-state index < -0.39 is 0 Å². The van der Waals surface area contributed by atoms with Crippen molar-refractivity contribution in [1.29, 1.82) is 0 Å². The molecule has 142 valence electrons. The van der Waals surface area contributed by atoms with Crippen LogP contribution >= 0.6 is 11.6 Å². The molecule has 2 heterocycles. The minimum atomic E-state index is 0.400. The maximum Gasteiger partial charge on any atom is 0.193 e. The Bertz CT molecular complexity index is 720. The van der Waals surface area contributed by atoms with Crippen molar-refractivity contribution in [3.63, 3.8) is 0 Å². The lowest BCUT2D eigenvalue weighted by molar-refractivity contribution is 0.473. The lowest BCUT2D eigenvalue weighted by Gasteiger charge is -2.22. The zero-order valence-corrected chi connectivity index (χ0v) is 17.1. The molecule has 7 heteroatoms. The van der Waals surface area contributed by atoms with Crippen LogP contribution in [0.5, 0.6) is 0 Å². The molecule has 0 bridgehead atoms. The first-order chi connectivity index (χ1) is 12.4. The Morgan fingerprint density at radius 2 is 2.15 bits per heavy atom. The molecule has 26 heavy (non-hydrogen) atoms. The SMILES string of the molecule is CCNC(=NCCc1ccc(Cl)nc1)N(C)Cc1cn(C)nc1C(C)C. The Labute approximate surface area is 161 Å². The first-order valence-electron chi connectivity index (χ1n) is 9.03. The predicted molar refractivity (Wildman–Crippen MR) is 108 cm³/mol. The van der Waals surface area contributed by atoms with E-state index in [1.807, 2.05) is 23.9 Å². The van der Waals surface area contributed by atoms with E-state index in [1.54, 1.807) is 6.20 Å². The highest BCUT2D eigenvalue weighted by molar-refractivity contribution is 6.29. The lowest BCUT2D eigenvalue weighted by atomic mass is 10.1. The van der Waals surface area contributed by atoms with E-state index in [0.717, 1.165) is 36.7 Å². The van der Waals surface area contributed by atoms with Crippen molar-refractivity contribution in [3.8, 4) is 0 Å². The third-order valence-corrected chi connectivity index (χ3v) is 4.26. The number of nitrogens with one attached hydrogen (secondary N) is 1. The number of pyridine rings is 1. The average Bonchev–Trinajstić information content (AvgIpc) is 2.96. The number of hydrogen-bond acceptors (Lipinski definition) is 3.